The predicted octanol–water partition coefficient (Wildman–Crippen LogP) is 4.81. The number of rotatable bonds is 4. The minimum absolute atomic E-state index is 0.107. The van der Waals surface area contributed by atoms with Crippen LogP contribution in [-0.2, 0) is 11.0 Å². The molecule has 2 aliphatic heterocycles. The number of nitrogens with one attached hydrogen (secondary N) is 1. The van der Waals surface area contributed by atoms with Gasteiger partial charge in [0.05, 0.1) is 28.4 Å². The fourth-order valence-electron chi connectivity index (χ4n) is 5.50. The van der Waals surface area contributed by atoms with Gasteiger partial charge in [-0.1, -0.05) is 12.1 Å². The average Bonchev–Trinajstić information content (AvgIpc) is 2.71. The molecule has 10 heteroatoms. The summed E-state index contributed by atoms with van der Waals surface area (Å²) in [6.07, 6.45) is -4.41. The lowest BCUT2D eigenvalue weighted by Gasteiger charge is -2.60. The second-order valence-electron chi connectivity index (χ2n) is 10.2. The Morgan fingerprint density at radius 2 is 1.78 bits per heavy atom. The summed E-state index contributed by atoms with van der Waals surface area (Å²) in [7, 11) is 0. The molecule has 190 valence electrons. The zero-order valence-electron chi connectivity index (χ0n) is 21.0. The van der Waals surface area contributed by atoms with Gasteiger partial charge in [0.2, 0.25) is 5.91 Å². The fourth-order valence-corrected chi connectivity index (χ4v) is 5.50. The molecule has 1 spiro atoms. The molecule has 2 aliphatic rings. The maximum atomic E-state index is 13.4. The van der Waals surface area contributed by atoms with Crippen LogP contribution in [0.3, 0.4) is 0 Å². The lowest BCUT2D eigenvalue weighted by atomic mass is 9.72. The average molecular weight is 499 g/mol. The number of carbonyl (C=O) groups excluding carboxylic acids is 1. The number of amides is 1. The van der Waals surface area contributed by atoms with E-state index in [0.717, 1.165) is 49.0 Å². The van der Waals surface area contributed by atoms with Gasteiger partial charge in [0.25, 0.3) is 0 Å². The van der Waals surface area contributed by atoms with E-state index in [1.807, 2.05) is 24.8 Å². The highest BCUT2D eigenvalue weighted by atomic mass is 19.4. The molecule has 0 radical (unpaired) electrons. The molecule has 7 nitrogen and oxygen atoms in total. The van der Waals surface area contributed by atoms with Crippen molar-refractivity contribution >= 4 is 28.4 Å². The quantitative estimate of drug-likeness (QED) is 0.557. The third-order valence-electron chi connectivity index (χ3n) is 7.35. The zero-order chi connectivity index (χ0) is 26.0. The van der Waals surface area contributed by atoms with Crippen molar-refractivity contribution in [3.05, 3.63) is 52.5 Å². The van der Waals surface area contributed by atoms with E-state index in [-0.39, 0.29) is 16.9 Å². The molecule has 36 heavy (non-hydrogen) atoms. The molecule has 1 N–H and O–H groups in total. The second kappa shape index (κ2) is 8.31. The summed E-state index contributed by atoms with van der Waals surface area (Å²) >= 11 is 0. The van der Waals surface area contributed by atoms with Crippen LogP contribution in [0.2, 0.25) is 0 Å². The van der Waals surface area contributed by atoms with E-state index in [1.165, 1.54) is 13.0 Å². The summed E-state index contributed by atoms with van der Waals surface area (Å²) in [6, 6.07) is 5.83. The number of halogens is 3. The summed E-state index contributed by atoms with van der Waals surface area (Å²) in [5.74, 6) is 1.17. The van der Waals surface area contributed by atoms with Crippen LogP contribution in [0.1, 0.15) is 48.1 Å². The zero-order valence-corrected chi connectivity index (χ0v) is 21.0. The van der Waals surface area contributed by atoms with Crippen LogP contribution in [0, 0.1) is 26.2 Å². The number of hydrogen-bond acceptors (Lipinski definition) is 6. The monoisotopic (exact) mass is 498 g/mol. The Balaban J connectivity index is 1.44. The van der Waals surface area contributed by atoms with Gasteiger partial charge in [-0.3, -0.25) is 4.79 Å². The molecule has 0 bridgehead atoms. The number of carbonyl (C=O) groups is 1. The van der Waals surface area contributed by atoms with E-state index in [9.17, 15) is 18.0 Å². The normalized spacial score (nSPS) is 17.7. The number of fused-ring (bicyclic) bond motifs is 1. The topological polar surface area (TPSA) is 74.2 Å². The molecule has 1 unspecified atom stereocenters. The number of likely N-dealkylation sites (tertiary alicyclic amines) is 1. The number of aromatic nitrogens is 3. The van der Waals surface area contributed by atoms with Gasteiger partial charge in [-0.2, -0.15) is 13.2 Å². The molecule has 4 heterocycles. The van der Waals surface area contributed by atoms with Gasteiger partial charge in [0.1, 0.15) is 11.6 Å². The lowest BCUT2D eigenvalue weighted by molar-refractivity contribution is -0.142. The van der Waals surface area contributed by atoms with Crippen molar-refractivity contribution < 1.29 is 18.0 Å². The summed E-state index contributed by atoms with van der Waals surface area (Å²) in [5, 5.41) is 4.04. The molecule has 3 aromatic rings. The van der Waals surface area contributed by atoms with Gasteiger partial charge in [-0.15, -0.1) is 0 Å². The van der Waals surface area contributed by atoms with Crippen LogP contribution in [0.25, 0.3) is 11.0 Å². The maximum Gasteiger partial charge on any atom is 0.416 e. The Morgan fingerprint density at radius 3 is 2.42 bits per heavy atom. The first-order valence-corrected chi connectivity index (χ1v) is 12.0. The smallest absolute Gasteiger partial charge is 0.369 e. The van der Waals surface area contributed by atoms with E-state index < -0.39 is 17.8 Å². The van der Waals surface area contributed by atoms with Gasteiger partial charge in [-0.25, -0.2) is 15.0 Å². The Bertz CT molecular complexity index is 1360. The molecule has 2 fully saturated rings. The summed E-state index contributed by atoms with van der Waals surface area (Å²) in [4.78, 5) is 29.5. The van der Waals surface area contributed by atoms with Crippen LogP contribution in [0.15, 0.2) is 24.3 Å². The largest absolute Gasteiger partial charge is 0.416 e. The first-order valence-electron chi connectivity index (χ1n) is 12.0. The highest BCUT2D eigenvalue weighted by Crippen LogP contribution is 2.43. The van der Waals surface area contributed by atoms with Crippen molar-refractivity contribution in [3.63, 3.8) is 0 Å². The van der Waals surface area contributed by atoms with Crippen LogP contribution in [0.4, 0.5) is 24.7 Å². The van der Waals surface area contributed by atoms with Crippen molar-refractivity contribution in [1.29, 1.82) is 0 Å². The van der Waals surface area contributed by atoms with Crippen LogP contribution < -0.4 is 10.2 Å². The van der Waals surface area contributed by atoms with Gasteiger partial charge < -0.3 is 15.1 Å². The standard InChI is InChI=1S/C26H29F3N6O/c1-14-19(7-6-8-21(14)26(27,28)29)15(2)30-23-20-9-22(16(3)31-24(20)33-17(4)32-23)35-12-25(13-35)10-34(11-25)18(5)36/h6-9,15H,10-13H2,1-5H3,(H,30,31,32,33). The number of aryl methyl sites for hydroxylation is 2. The third kappa shape index (κ3) is 4.12. The van der Waals surface area contributed by atoms with E-state index in [1.54, 1.807) is 19.9 Å². The molecule has 2 aromatic heterocycles. The predicted molar refractivity (Wildman–Crippen MR) is 132 cm³/mol. The highest BCUT2D eigenvalue weighted by molar-refractivity contribution is 5.90. The molecule has 0 aliphatic carbocycles. The van der Waals surface area contributed by atoms with Crippen LogP contribution in [-0.4, -0.2) is 51.9 Å². The van der Waals surface area contributed by atoms with Crippen LogP contribution in [0.5, 0.6) is 0 Å². The molecule has 2 saturated heterocycles. The van der Waals surface area contributed by atoms with Gasteiger partial charge >= 0.3 is 6.18 Å². The number of nitrogens with zero attached hydrogens (tertiary/aromatic N) is 5. The summed E-state index contributed by atoms with van der Waals surface area (Å²) in [5.41, 5.74) is 2.63. The molecule has 1 amide bonds. The van der Waals surface area contributed by atoms with E-state index in [2.05, 4.69) is 20.2 Å². The minimum Gasteiger partial charge on any atom is -0.369 e. The van der Waals surface area contributed by atoms with Crippen LogP contribution >= 0.6 is 0 Å². The first-order chi connectivity index (χ1) is 16.9. The number of benzene rings is 1. The Kier molecular flexibility index (Phi) is 5.61. The second-order valence-corrected chi connectivity index (χ2v) is 10.2. The van der Waals surface area contributed by atoms with E-state index in [4.69, 9.17) is 4.98 Å². The maximum absolute atomic E-state index is 13.4. The molecular formula is C26H29F3N6O. The lowest BCUT2D eigenvalue weighted by Crippen LogP contribution is -2.73. The molecule has 5 rings (SSSR count). The number of pyridine rings is 1. The first kappa shape index (κ1) is 24.3. The van der Waals surface area contributed by atoms with Crippen molar-refractivity contribution in [3.8, 4) is 0 Å². The van der Waals surface area contributed by atoms with Gasteiger partial charge in [-0.05, 0) is 51.0 Å². The molecule has 1 aromatic carbocycles. The minimum atomic E-state index is -4.41. The summed E-state index contributed by atoms with van der Waals surface area (Å²) in [6.45, 7) is 11.9. The number of alkyl halides is 3. The Labute approximate surface area is 207 Å². The summed E-state index contributed by atoms with van der Waals surface area (Å²) < 4.78 is 40.3. The van der Waals surface area contributed by atoms with Crippen molar-refractivity contribution in [2.24, 2.45) is 5.41 Å². The number of hydrogen-bond donors (Lipinski definition) is 1. The van der Waals surface area contributed by atoms with E-state index >= 15 is 0 Å². The highest BCUT2D eigenvalue weighted by Gasteiger charge is 2.52. The fraction of sp³-hybridized carbons (Fsp3) is 0.462. The molecular weight excluding hydrogens is 469 g/mol. The molecule has 0 saturated carbocycles. The van der Waals surface area contributed by atoms with Crippen molar-refractivity contribution in [2.75, 3.05) is 36.4 Å². The Hall–Kier alpha value is -3.43. The van der Waals surface area contributed by atoms with E-state index in [0.29, 0.717) is 22.9 Å². The van der Waals surface area contributed by atoms with Gasteiger partial charge in [0.15, 0.2) is 5.65 Å². The molecule has 1 atom stereocenters. The number of anilines is 2. The van der Waals surface area contributed by atoms with Crippen molar-refractivity contribution in [2.45, 2.75) is 46.8 Å². The van der Waals surface area contributed by atoms with Gasteiger partial charge in [0, 0.05) is 38.5 Å². The van der Waals surface area contributed by atoms with Crippen molar-refractivity contribution in [1.82, 2.24) is 19.9 Å². The SMILES string of the molecule is CC(=O)N1CC2(C1)CN(c1cc3c(NC(C)c4cccc(C(F)(F)F)c4C)nc(C)nc3nc1C)C2. The Morgan fingerprint density at radius 1 is 1.08 bits per heavy atom. The third-order valence-corrected chi connectivity index (χ3v) is 7.35.